The van der Waals surface area contributed by atoms with Gasteiger partial charge in [0.15, 0.2) is 0 Å². The molecule has 0 fully saturated rings. The normalized spacial score (nSPS) is 11.5. The van der Waals surface area contributed by atoms with E-state index in [2.05, 4.69) is 36.1 Å². The van der Waals surface area contributed by atoms with Gasteiger partial charge < -0.3 is 11.1 Å². The number of hydrogen-bond acceptors (Lipinski definition) is 4. The van der Waals surface area contributed by atoms with E-state index in [0.717, 1.165) is 27.8 Å². The molecule has 1 aromatic heterocycles. The minimum atomic E-state index is -0.150. The fraction of sp³-hybridized carbons (Fsp3) is 0.375. The third kappa shape index (κ3) is 3.64. The van der Waals surface area contributed by atoms with Crippen molar-refractivity contribution >= 4 is 23.2 Å². The van der Waals surface area contributed by atoms with Crippen molar-refractivity contribution in [3.63, 3.8) is 0 Å². The highest BCUT2D eigenvalue weighted by Crippen LogP contribution is 2.25. The predicted molar refractivity (Wildman–Crippen MR) is 88.7 cm³/mol. The Morgan fingerprint density at radius 3 is 2.48 bits per heavy atom. The van der Waals surface area contributed by atoms with E-state index in [1.165, 1.54) is 0 Å². The first kappa shape index (κ1) is 15.6. The van der Waals surface area contributed by atoms with Crippen molar-refractivity contribution in [2.75, 3.05) is 11.1 Å². The zero-order valence-electron chi connectivity index (χ0n) is 12.9. The molecule has 0 saturated heterocycles. The number of nitrogens with two attached hydrogens (primary N) is 1. The maximum Gasteiger partial charge on any atom is 0.138 e. The molecule has 5 heteroatoms. The number of hydrogen-bond donors (Lipinski definition) is 2. The molecule has 0 aliphatic carbocycles. The summed E-state index contributed by atoms with van der Waals surface area (Å²) in [5.74, 6) is 2.00. The predicted octanol–water partition coefficient (Wildman–Crippen LogP) is 3.93. The molecule has 0 atom stereocenters. The number of anilines is 2. The van der Waals surface area contributed by atoms with Gasteiger partial charge in [-0.2, -0.15) is 0 Å². The molecule has 1 aromatic carbocycles. The standard InChI is InChI=1S/C16H21ClN4/c1-10-13(18)20-15(16(2,3)4)21-14(10)19-9-11-7-5-6-8-12(11)17/h5-8H,9H2,1-4H3,(H3,18,19,20,21). The van der Waals surface area contributed by atoms with Crippen molar-refractivity contribution in [2.24, 2.45) is 0 Å². The van der Waals surface area contributed by atoms with Crippen LogP contribution in [0.2, 0.25) is 5.02 Å². The summed E-state index contributed by atoms with van der Waals surface area (Å²) in [5, 5.41) is 4.04. The number of halogens is 1. The van der Waals surface area contributed by atoms with Crippen LogP contribution in [0.5, 0.6) is 0 Å². The molecule has 0 saturated carbocycles. The lowest BCUT2D eigenvalue weighted by Gasteiger charge is -2.20. The second kappa shape index (κ2) is 5.90. The summed E-state index contributed by atoms with van der Waals surface area (Å²) < 4.78 is 0. The maximum atomic E-state index is 6.17. The zero-order valence-corrected chi connectivity index (χ0v) is 13.6. The molecule has 0 aliphatic rings. The molecular formula is C16H21ClN4. The van der Waals surface area contributed by atoms with Crippen LogP contribution < -0.4 is 11.1 Å². The molecule has 0 aliphatic heterocycles. The first-order chi connectivity index (χ1) is 9.79. The minimum Gasteiger partial charge on any atom is -0.383 e. The third-order valence-corrected chi connectivity index (χ3v) is 3.63. The lowest BCUT2D eigenvalue weighted by molar-refractivity contribution is 0.546. The molecule has 0 spiro atoms. The fourth-order valence-electron chi connectivity index (χ4n) is 1.86. The summed E-state index contributed by atoms with van der Waals surface area (Å²) in [6, 6.07) is 7.74. The fourth-order valence-corrected chi connectivity index (χ4v) is 2.06. The molecule has 0 amide bonds. The van der Waals surface area contributed by atoms with Crippen molar-refractivity contribution in [3.8, 4) is 0 Å². The largest absolute Gasteiger partial charge is 0.383 e. The van der Waals surface area contributed by atoms with Crippen LogP contribution in [-0.4, -0.2) is 9.97 Å². The van der Waals surface area contributed by atoms with E-state index in [-0.39, 0.29) is 5.41 Å². The van der Waals surface area contributed by atoms with Crippen LogP contribution >= 0.6 is 11.6 Å². The molecule has 112 valence electrons. The molecule has 2 rings (SSSR count). The van der Waals surface area contributed by atoms with Crippen molar-refractivity contribution in [3.05, 3.63) is 46.2 Å². The Hall–Kier alpha value is -1.81. The molecule has 1 heterocycles. The highest BCUT2D eigenvalue weighted by atomic mass is 35.5. The van der Waals surface area contributed by atoms with Crippen LogP contribution in [-0.2, 0) is 12.0 Å². The molecule has 2 aromatic rings. The Morgan fingerprint density at radius 1 is 1.19 bits per heavy atom. The summed E-state index contributed by atoms with van der Waals surface area (Å²) in [6.45, 7) is 8.70. The van der Waals surface area contributed by atoms with Gasteiger partial charge >= 0.3 is 0 Å². The third-order valence-electron chi connectivity index (χ3n) is 3.26. The van der Waals surface area contributed by atoms with Crippen molar-refractivity contribution in [2.45, 2.75) is 39.7 Å². The van der Waals surface area contributed by atoms with Gasteiger partial charge in [0.2, 0.25) is 0 Å². The molecular weight excluding hydrogens is 284 g/mol. The smallest absolute Gasteiger partial charge is 0.138 e. The van der Waals surface area contributed by atoms with Crippen molar-refractivity contribution in [1.29, 1.82) is 0 Å². The highest BCUT2D eigenvalue weighted by molar-refractivity contribution is 6.31. The van der Waals surface area contributed by atoms with Crippen LogP contribution in [0.15, 0.2) is 24.3 Å². The van der Waals surface area contributed by atoms with Crippen LogP contribution in [0, 0.1) is 6.92 Å². The second-order valence-corrected chi connectivity index (χ2v) is 6.51. The topological polar surface area (TPSA) is 63.8 Å². The van der Waals surface area contributed by atoms with Gasteiger partial charge in [-0.1, -0.05) is 50.6 Å². The molecule has 21 heavy (non-hydrogen) atoms. The zero-order chi connectivity index (χ0) is 15.6. The summed E-state index contributed by atoms with van der Waals surface area (Å²) in [5.41, 5.74) is 7.73. The van der Waals surface area contributed by atoms with Gasteiger partial charge in [-0.15, -0.1) is 0 Å². The van der Waals surface area contributed by atoms with Gasteiger partial charge in [0.25, 0.3) is 0 Å². The Bertz CT molecular complexity index is 647. The van der Waals surface area contributed by atoms with E-state index in [1.807, 2.05) is 31.2 Å². The van der Waals surface area contributed by atoms with Gasteiger partial charge in [-0.05, 0) is 18.6 Å². The minimum absolute atomic E-state index is 0.150. The summed E-state index contributed by atoms with van der Waals surface area (Å²) in [7, 11) is 0. The van der Waals surface area contributed by atoms with Gasteiger partial charge in [-0.25, -0.2) is 9.97 Å². The van der Waals surface area contributed by atoms with E-state index >= 15 is 0 Å². The number of rotatable bonds is 3. The Balaban J connectivity index is 2.28. The van der Waals surface area contributed by atoms with Crippen molar-refractivity contribution < 1.29 is 0 Å². The van der Waals surface area contributed by atoms with Crippen LogP contribution in [0.4, 0.5) is 11.6 Å². The summed E-state index contributed by atoms with van der Waals surface area (Å²) in [4.78, 5) is 8.98. The SMILES string of the molecule is Cc1c(N)nc(C(C)(C)C)nc1NCc1ccccc1Cl. The lowest BCUT2D eigenvalue weighted by atomic mass is 9.95. The summed E-state index contributed by atoms with van der Waals surface area (Å²) in [6.07, 6.45) is 0. The van der Waals surface area contributed by atoms with E-state index < -0.39 is 0 Å². The molecule has 0 bridgehead atoms. The van der Waals surface area contributed by atoms with Gasteiger partial charge in [0, 0.05) is 22.5 Å². The van der Waals surface area contributed by atoms with E-state index in [0.29, 0.717) is 12.4 Å². The van der Waals surface area contributed by atoms with Crippen LogP contribution in [0.1, 0.15) is 37.7 Å². The van der Waals surface area contributed by atoms with E-state index in [9.17, 15) is 0 Å². The monoisotopic (exact) mass is 304 g/mol. The van der Waals surface area contributed by atoms with E-state index in [4.69, 9.17) is 17.3 Å². The Labute approximate surface area is 130 Å². The average molecular weight is 305 g/mol. The quantitative estimate of drug-likeness (QED) is 0.902. The first-order valence-corrected chi connectivity index (χ1v) is 7.28. The molecule has 0 radical (unpaired) electrons. The maximum absolute atomic E-state index is 6.17. The molecule has 4 nitrogen and oxygen atoms in total. The highest BCUT2D eigenvalue weighted by Gasteiger charge is 2.20. The number of nitrogen functional groups attached to an aromatic ring is 1. The van der Waals surface area contributed by atoms with E-state index in [1.54, 1.807) is 0 Å². The first-order valence-electron chi connectivity index (χ1n) is 6.91. The van der Waals surface area contributed by atoms with Crippen LogP contribution in [0.25, 0.3) is 0 Å². The second-order valence-electron chi connectivity index (χ2n) is 6.10. The van der Waals surface area contributed by atoms with Gasteiger partial charge in [0.05, 0.1) is 0 Å². The average Bonchev–Trinajstić information content (AvgIpc) is 2.40. The number of aromatic nitrogens is 2. The van der Waals surface area contributed by atoms with Crippen LogP contribution in [0.3, 0.4) is 0 Å². The number of nitrogens with one attached hydrogen (secondary N) is 1. The number of nitrogens with zero attached hydrogens (tertiary/aromatic N) is 2. The number of benzene rings is 1. The van der Waals surface area contributed by atoms with Crippen molar-refractivity contribution in [1.82, 2.24) is 9.97 Å². The van der Waals surface area contributed by atoms with Gasteiger partial charge in [-0.3, -0.25) is 0 Å². The lowest BCUT2D eigenvalue weighted by Crippen LogP contribution is -2.19. The summed E-state index contributed by atoms with van der Waals surface area (Å²) >= 11 is 6.17. The molecule has 3 N–H and O–H groups in total. The Kier molecular flexibility index (Phi) is 4.37. The molecule has 0 unspecified atom stereocenters. The Morgan fingerprint density at radius 2 is 1.86 bits per heavy atom. The van der Waals surface area contributed by atoms with Gasteiger partial charge in [0.1, 0.15) is 17.5 Å².